The van der Waals surface area contributed by atoms with Crippen LogP contribution in [0.25, 0.3) is 0 Å². The van der Waals surface area contributed by atoms with Crippen LogP contribution in [-0.2, 0) is 6.54 Å². The molecule has 1 heterocycles. The molecule has 1 aliphatic rings. The third-order valence-corrected chi connectivity index (χ3v) is 3.16. The quantitative estimate of drug-likeness (QED) is 0.817. The molecule has 2 rings (SSSR count). The molecule has 1 aliphatic heterocycles. The van der Waals surface area contributed by atoms with Gasteiger partial charge in [-0.1, -0.05) is 12.2 Å². The van der Waals surface area contributed by atoms with Crippen LogP contribution in [0.2, 0.25) is 0 Å². The maximum atomic E-state index is 13.6. The van der Waals surface area contributed by atoms with Crippen LogP contribution in [0, 0.1) is 5.82 Å². The normalized spacial score (nSPS) is 16.6. The van der Waals surface area contributed by atoms with Crippen molar-refractivity contribution in [1.29, 1.82) is 0 Å². The molecule has 1 aromatic carbocycles. The number of hydrogen-bond donors (Lipinski definition) is 1. The SMILES string of the molecule is NC(=S)c1ccc(F)c(CN2CCCC2)c1. The molecule has 1 fully saturated rings. The number of likely N-dealkylation sites (tertiary alicyclic amines) is 1. The third-order valence-electron chi connectivity index (χ3n) is 2.92. The monoisotopic (exact) mass is 238 g/mol. The maximum Gasteiger partial charge on any atom is 0.127 e. The van der Waals surface area contributed by atoms with E-state index in [0.717, 1.165) is 18.7 Å². The van der Waals surface area contributed by atoms with Crippen molar-refractivity contribution in [1.82, 2.24) is 4.90 Å². The fraction of sp³-hybridized carbons (Fsp3) is 0.417. The Balaban J connectivity index is 2.17. The molecule has 0 saturated carbocycles. The predicted molar refractivity (Wildman–Crippen MR) is 66.8 cm³/mol. The highest BCUT2D eigenvalue weighted by atomic mass is 32.1. The lowest BCUT2D eigenvalue weighted by Gasteiger charge is -2.15. The second-order valence-electron chi connectivity index (χ2n) is 4.15. The molecular weight excluding hydrogens is 223 g/mol. The molecule has 16 heavy (non-hydrogen) atoms. The molecule has 0 aliphatic carbocycles. The molecule has 2 nitrogen and oxygen atoms in total. The van der Waals surface area contributed by atoms with Gasteiger partial charge in [-0.05, 0) is 44.1 Å². The van der Waals surface area contributed by atoms with Gasteiger partial charge in [-0.15, -0.1) is 0 Å². The second kappa shape index (κ2) is 4.89. The first-order chi connectivity index (χ1) is 7.66. The van der Waals surface area contributed by atoms with Gasteiger partial charge in [-0.2, -0.15) is 0 Å². The molecule has 0 aromatic heterocycles. The smallest absolute Gasteiger partial charge is 0.127 e. The highest BCUT2D eigenvalue weighted by molar-refractivity contribution is 7.80. The van der Waals surface area contributed by atoms with Crippen LogP contribution in [0.3, 0.4) is 0 Å². The van der Waals surface area contributed by atoms with Gasteiger partial charge in [0.1, 0.15) is 10.8 Å². The zero-order valence-corrected chi connectivity index (χ0v) is 9.89. The van der Waals surface area contributed by atoms with E-state index in [4.69, 9.17) is 18.0 Å². The minimum absolute atomic E-state index is 0.174. The van der Waals surface area contributed by atoms with Crippen molar-refractivity contribution in [3.8, 4) is 0 Å². The van der Waals surface area contributed by atoms with Crippen LogP contribution in [0.4, 0.5) is 4.39 Å². The van der Waals surface area contributed by atoms with E-state index in [2.05, 4.69) is 4.90 Å². The Hall–Kier alpha value is -1.00. The summed E-state index contributed by atoms with van der Waals surface area (Å²) in [6, 6.07) is 4.83. The molecule has 0 amide bonds. The topological polar surface area (TPSA) is 29.3 Å². The van der Waals surface area contributed by atoms with Gasteiger partial charge in [0.25, 0.3) is 0 Å². The van der Waals surface area contributed by atoms with Crippen LogP contribution in [0.5, 0.6) is 0 Å². The van der Waals surface area contributed by atoms with E-state index in [9.17, 15) is 4.39 Å². The molecule has 86 valence electrons. The van der Waals surface area contributed by atoms with Crippen molar-refractivity contribution in [2.24, 2.45) is 5.73 Å². The number of nitrogens with two attached hydrogens (primary N) is 1. The van der Waals surface area contributed by atoms with Gasteiger partial charge in [0, 0.05) is 17.7 Å². The van der Waals surface area contributed by atoms with Gasteiger partial charge >= 0.3 is 0 Å². The zero-order chi connectivity index (χ0) is 11.5. The summed E-state index contributed by atoms with van der Waals surface area (Å²) >= 11 is 4.89. The number of benzene rings is 1. The van der Waals surface area contributed by atoms with Gasteiger partial charge < -0.3 is 5.73 Å². The first kappa shape index (κ1) is 11.5. The Kier molecular flexibility index (Phi) is 3.51. The van der Waals surface area contributed by atoms with E-state index in [-0.39, 0.29) is 5.82 Å². The van der Waals surface area contributed by atoms with Crippen LogP contribution in [-0.4, -0.2) is 23.0 Å². The molecule has 0 spiro atoms. The highest BCUT2D eigenvalue weighted by Crippen LogP contribution is 2.16. The Morgan fingerprint density at radius 3 is 2.69 bits per heavy atom. The van der Waals surface area contributed by atoms with Crippen molar-refractivity contribution in [2.45, 2.75) is 19.4 Å². The predicted octanol–water partition coefficient (Wildman–Crippen LogP) is 2.06. The maximum absolute atomic E-state index is 13.6. The lowest BCUT2D eigenvalue weighted by molar-refractivity contribution is 0.325. The summed E-state index contributed by atoms with van der Waals surface area (Å²) in [6.07, 6.45) is 2.41. The van der Waals surface area contributed by atoms with E-state index in [1.807, 2.05) is 0 Å². The molecule has 0 radical (unpaired) electrons. The standard InChI is InChI=1S/C12H15FN2S/c13-11-4-3-9(12(14)16)7-10(11)8-15-5-1-2-6-15/h3-4,7H,1-2,5-6,8H2,(H2,14,16). The van der Waals surface area contributed by atoms with Gasteiger partial charge in [-0.3, -0.25) is 4.90 Å². The summed E-state index contributed by atoms with van der Waals surface area (Å²) < 4.78 is 13.6. The second-order valence-corrected chi connectivity index (χ2v) is 4.59. The van der Waals surface area contributed by atoms with Crippen LogP contribution < -0.4 is 5.73 Å². The van der Waals surface area contributed by atoms with Crippen molar-refractivity contribution in [2.75, 3.05) is 13.1 Å². The van der Waals surface area contributed by atoms with E-state index in [0.29, 0.717) is 17.1 Å². The van der Waals surface area contributed by atoms with Crippen LogP contribution in [0.15, 0.2) is 18.2 Å². The fourth-order valence-electron chi connectivity index (χ4n) is 2.03. The van der Waals surface area contributed by atoms with Gasteiger partial charge in [-0.25, -0.2) is 4.39 Å². The molecule has 0 unspecified atom stereocenters. The summed E-state index contributed by atoms with van der Waals surface area (Å²) in [5.41, 5.74) is 6.96. The number of rotatable bonds is 3. The van der Waals surface area contributed by atoms with Gasteiger partial charge in [0.2, 0.25) is 0 Å². The Morgan fingerprint density at radius 2 is 2.06 bits per heavy atom. The van der Waals surface area contributed by atoms with Crippen molar-refractivity contribution >= 4 is 17.2 Å². The Morgan fingerprint density at radius 1 is 1.38 bits per heavy atom. The summed E-state index contributed by atoms with van der Waals surface area (Å²) in [6.45, 7) is 2.76. The number of halogens is 1. The van der Waals surface area contributed by atoms with Crippen molar-refractivity contribution < 1.29 is 4.39 Å². The first-order valence-electron chi connectivity index (χ1n) is 5.47. The van der Waals surface area contributed by atoms with Crippen molar-refractivity contribution in [3.63, 3.8) is 0 Å². The summed E-state index contributed by atoms with van der Waals surface area (Å²) in [5, 5.41) is 0. The molecule has 0 bridgehead atoms. The largest absolute Gasteiger partial charge is 0.389 e. The zero-order valence-electron chi connectivity index (χ0n) is 9.08. The number of thiocarbonyl (C=S) groups is 1. The van der Waals surface area contributed by atoms with Gasteiger partial charge in [0.15, 0.2) is 0 Å². The highest BCUT2D eigenvalue weighted by Gasteiger charge is 2.14. The Bertz CT molecular complexity index is 400. The summed E-state index contributed by atoms with van der Waals surface area (Å²) in [4.78, 5) is 2.57. The molecule has 4 heteroatoms. The van der Waals surface area contributed by atoms with Gasteiger partial charge in [0.05, 0.1) is 0 Å². The lowest BCUT2D eigenvalue weighted by atomic mass is 10.1. The average Bonchev–Trinajstić information content (AvgIpc) is 2.73. The van der Waals surface area contributed by atoms with E-state index in [1.54, 1.807) is 12.1 Å². The van der Waals surface area contributed by atoms with E-state index in [1.165, 1.54) is 18.9 Å². The fourth-order valence-corrected chi connectivity index (χ4v) is 2.16. The molecule has 2 N–H and O–H groups in total. The molecular formula is C12H15FN2S. The van der Waals surface area contributed by atoms with Crippen LogP contribution >= 0.6 is 12.2 Å². The molecule has 0 atom stereocenters. The van der Waals surface area contributed by atoms with E-state index >= 15 is 0 Å². The summed E-state index contributed by atoms with van der Waals surface area (Å²) in [7, 11) is 0. The Labute approximate surface area is 100 Å². The molecule has 1 aromatic rings. The van der Waals surface area contributed by atoms with Crippen molar-refractivity contribution in [3.05, 3.63) is 35.1 Å². The minimum atomic E-state index is -0.174. The summed E-state index contributed by atoms with van der Waals surface area (Å²) in [5.74, 6) is -0.174. The lowest BCUT2D eigenvalue weighted by Crippen LogP contribution is -2.20. The first-order valence-corrected chi connectivity index (χ1v) is 5.88. The minimum Gasteiger partial charge on any atom is -0.389 e. The number of nitrogens with zero attached hydrogens (tertiary/aromatic N) is 1. The average molecular weight is 238 g/mol. The number of hydrogen-bond acceptors (Lipinski definition) is 2. The third kappa shape index (κ3) is 2.57. The molecule has 1 saturated heterocycles. The van der Waals surface area contributed by atoms with E-state index < -0.39 is 0 Å². The van der Waals surface area contributed by atoms with Crippen LogP contribution in [0.1, 0.15) is 24.0 Å².